The van der Waals surface area contributed by atoms with Crippen molar-refractivity contribution in [3.63, 3.8) is 0 Å². The molecule has 0 spiro atoms. The molecule has 1 aliphatic heterocycles. The number of nitrogens with zero attached hydrogens (tertiary/aromatic N) is 2. The first-order valence-electron chi connectivity index (χ1n) is 10.6. The van der Waals surface area contributed by atoms with Gasteiger partial charge >= 0.3 is 0 Å². The van der Waals surface area contributed by atoms with E-state index < -0.39 is 0 Å². The summed E-state index contributed by atoms with van der Waals surface area (Å²) in [4.78, 5) is 16.6. The van der Waals surface area contributed by atoms with Crippen molar-refractivity contribution in [3.05, 3.63) is 57.8 Å². The number of nitrogens with two attached hydrogens (primary N) is 1. The summed E-state index contributed by atoms with van der Waals surface area (Å²) >= 11 is 7.34. The minimum atomic E-state index is -0.342. The van der Waals surface area contributed by atoms with Crippen LogP contribution in [0.25, 0.3) is 0 Å². The van der Waals surface area contributed by atoms with Gasteiger partial charge in [-0.3, -0.25) is 4.79 Å². The molecule has 1 aliphatic rings. The van der Waals surface area contributed by atoms with E-state index in [0.29, 0.717) is 17.6 Å². The van der Waals surface area contributed by atoms with Crippen LogP contribution in [0.1, 0.15) is 47.7 Å². The molecule has 1 saturated heterocycles. The van der Waals surface area contributed by atoms with Crippen LogP contribution in [-0.2, 0) is 13.0 Å². The number of amides is 1. The van der Waals surface area contributed by atoms with Gasteiger partial charge in [0.05, 0.1) is 0 Å². The number of carbonyl (C=O) groups excluding carboxylic acids is 1. The maximum absolute atomic E-state index is 11.7. The largest absolute Gasteiger partial charge is 0.366 e. The topological polar surface area (TPSA) is 61.6 Å². The summed E-state index contributed by atoms with van der Waals surface area (Å²) < 4.78 is 0. The number of benzene rings is 1. The zero-order chi connectivity index (χ0) is 21.5. The molecule has 30 heavy (non-hydrogen) atoms. The van der Waals surface area contributed by atoms with E-state index in [2.05, 4.69) is 38.9 Å². The van der Waals surface area contributed by atoms with Crippen molar-refractivity contribution in [1.82, 2.24) is 15.1 Å². The van der Waals surface area contributed by atoms with E-state index in [1.807, 2.05) is 31.3 Å². The molecule has 0 saturated carbocycles. The van der Waals surface area contributed by atoms with Gasteiger partial charge in [0.25, 0.3) is 0 Å². The molecule has 1 amide bonds. The van der Waals surface area contributed by atoms with Crippen LogP contribution >= 0.6 is 23.6 Å². The van der Waals surface area contributed by atoms with Gasteiger partial charge in [-0.15, -0.1) is 0 Å². The summed E-state index contributed by atoms with van der Waals surface area (Å²) in [5.41, 5.74) is 8.54. The number of primary amides is 1. The number of thiocarbonyl (C=S) groups is 1. The summed E-state index contributed by atoms with van der Waals surface area (Å²) in [5.74, 6) is -0.342. The van der Waals surface area contributed by atoms with Crippen molar-refractivity contribution in [2.24, 2.45) is 5.73 Å². The van der Waals surface area contributed by atoms with Gasteiger partial charge in [-0.2, -0.15) is 11.3 Å². The monoisotopic (exact) mass is 444 g/mol. The van der Waals surface area contributed by atoms with Gasteiger partial charge in [0.2, 0.25) is 5.91 Å². The van der Waals surface area contributed by atoms with E-state index in [9.17, 15) is 4.79 Å². The Morgan fingerprint density at radius 3 is 2.70 bits per heavy atom. The van der Waals surface area contributed by atoms with Crippen molar-refractivity contribution < 1.29 is 4.79 Å². The minimum absolute atomic E-state index is 0.342. The van der Waals surface area contributed by atoms with Gasteiger partial charge in [-0.05, 0) is 78.8 Å². The highest BCUT2D eigenvalue weighted by Gasteiger charge is 2.28. The molecule has 2 aromatic rings. The predicted molar refractivity (Wildman–Crippen MR) is 129 cm³/mol. The fourth-order valence-corrected chi connectivity index (χ4v) is 5.13. The van der Waals surface area contributed by atoms with Crippen LogP contribution in [-0.4, -0.2) is 53.0 Å². The number of hydrogen-bond acceptors (Lipinski definition) is 4. The van der Waals surface area contributed by atoms with Gasteiger partial charge in [0.15, 0.2) is 5.11 Å². The standard InChI is InChI=1S/C23H32N4OS2/c1-17(7-8-19-5-3-4-6-21(19)22(24)28)26-12-9-20(10-13-26)27(23(29)25-2)15-18-11-14-30-16-18/h3-6,11,14,16-17,20H,7-10,12-13,15H2,1-2H3,(H2,24,28)(H,25,29)/t17-/m1/s1. The number of hydrogen-bond donors (Lipinski definition) is 2. The highest BCUT2D eigenvalue weighted by Crippen LogP contribution is 2.23. The van der Waals surface area contributed by atoms with E-state index in [4.69, 9.17) is 18.0 Å². The highest BCUT2D eigenvalue weighted by molar-refractivity contribution is 7.80. The third-order valence-corrected chi connectivity index (χ3v) is 7.26. The fraction of sp³-hybridized carbons (Fsp3) is 0.478. The summed E-state index contributed by atoms with van der Waals surface area (Å²) in [6, 6.07) is 10.8. The van der Waals surface area contributed by atoms with Gasteiger partial charge in [-0.1, -0.05) is 18.2 Å². The van der Waals surface area contributed by atoms with E-state index in [-0.39, 0.29) is 5.91 Å². The molecule has 7 heteroatoms. The first-order valence-corrected chi connectivity index (χ1v) is 12.0. The van der Waals surface area contributed by atoms with Crippen molar-refractivity contribution in [1.29, 1.82) is 0 Å². The van der Waals surface area contributed by atoms with E-state index >= 15 is 0 Å². The molecule has 1 aromatic carbocycles. The lowest BCUT2D eigenvalue weighted by Crippen LogP contribution is -2.51. The molecule has 2 heterocycles. The number of carbonyl (C=O) groups is 1. The normalized spacial score (nSPS) is 16.2. The van der Waals surface area contributed by atoms with Crippen LogP contribution < -0.4 is 11.1 Å². The first kappa shape index (κ1) is 22.7. The maximum atomic E-state index is 11.7. The number of aryl methyl sites for hydroxylation is 1. The molecule has 0 bridgehead atoms. The second-order valence-corrected chi connectivity index (χ2v) is 9.16. The van der Waals surface area contributed by atoms with Crippen molar-refractivity contribution in [2.45, 2.75) is 51.2 Å². The zero-order valence-electron chi connectivity index (χ0n) is 17.8. The smallest absolute Gasteiger partial charge is 0.248 e. The maximum Gasteiger partial charge on any atom is 0.248 e. The molecule has 0 unspecified atom stereocenters. The lowest BCUT2D eigenvalue weighted by atomic mass is 9.97. The minimum Gasteiger partial charge on any atom is -0.366 e. The fourth-order valence-electron chi connectivity index (χ4n) is 4.25. The van der Waals surface area contributed by atoms with Gasteiger partial charge < -0.3 is 20.9 Å². The van der Waals surface area contributed by atoms with E-state index in [1.165, 1.54) is 5.56 Å². The van der Waals surface area contributed by atoms with E-state index in [1.54, 1.807) is 11.3 Å². The summed E-state index contributed by atoms with van der Waals surface area (Å²) in [6.45, 7) is 5.29. The lowest BCUT2D eigenvalue weighted by Gasteiger charge is -2.41. The summed E-state index contributed by atoms with van der Waals surface area (Å²) in [7, 11) is 1.91. The summed E-state index contributed by atoms with van der Waals surface area (Å²) in [5, 5.41) is 8.32. The van der Waals surface area contributed by atoms with Crippen LogP contribution in [0.4, 0.5) is 0 Å². The molecule has 1 atom stereocenters. The average Bonchev–Trinajstić information content (AvgIpc) is 3.29. The Kier molecular flexibility index (Phi) is 8.24. The van der Waals surface area contributed by atoms with Crippen molar-refractivity contribution in [2.75, 3.05) is 20.1 Å². The second-order valence-electron chi connectivity index (χ2n) is 7.99. The van der Waals surface area contributed by atoms with Gasteiger partial charge in [-0.25, -0.2) is 0 Å². The number of likely N-dealkylation sites (tertiary alicyclic amines) is 1. The Balaban J connectivity index is 1.53. The molecular formula is C23H32N4OS2. The second kappa shape index (κ2) is 10.9. The Morgan fingerprint density at radius 2 is 2.07 bits per heavy atom. The molecule has 162 valence electrons. The van der Waals surface area contributed by atoms with Gasteiger partial charge in [0, 0.05) is 44.3 Å². The molecule has 0 aliphatic carbocycles. The third kappa shape index (κ3) is 5.80. The third-order valence-electron chi connectivity index (χ3n) is 6.09. The molecule has 0 radical (unpaired) electrons. The average molecular weight is 445 g/mol. The SMILES string of the molecule is CNC(=S)N(Cc1ccsc1)C1CCN([C@H](C)CCc2ccccc2C(N)=O)CC1. The van der Waals surface area contributed by atoms with Crippen LogP contribution in [0, 0.1) is 0 Å². The Hall–Kier alpha value is -1.96. The Bertz CT molecular complexity index is 831. The Labute approximate surface area is 189 Å². The zero-order valence-corrected chi connectivity index (χ0v) is 19.5. The number of piperidine rings is 1. The Morgan fingerprint density at radius 1 is 1.33 bits per heavy atom. The lowest BCUT2D eigenvalue weighted by molar-refractivity contribution is 0.0998. The molecule has 1 fully saturated rings. The molecule has 3 N–H and O–H groups in total. The molecule has 5 nitrogen and oxygen atoms in total. The quantitative estimate of drug-likeness (QED) is 0.609. The van der Waals surface area contributed by atoms with Crippen LogP contribution in [0.2, 0.25) is 0 Å². The van der Waals surface area contributed by atoms with Gasteiger partial charge in [0.1, 0.15) is 0 Å². The van der Waals surface area contributed by atoms with Crippen LogP contribution in [0.5, 0.6) is 0 Å². The summed E-state index contributed by atoms with van der Waals surface area (Å²) in [6.07, 6.45) is 4.10. The predicted octanol–water partition coefficient (Wildman–Crippen LogP) is 3.64. The number of thiophene rings is 1. The van der Waals surface area contributed by atoms with Crippen molar-refractivity contribution in [3.8, 4) is 0 Å². The van der Waals surface area contributed by atoms with E-state index in [0.717, 1.165) is 56.0 Å². The number of rotatable bonds is 8. The molecular weight excluding hydrogens is 412 g/mol. The molecule has 1 aromatic heterocycles. The van der Waals surface area contributed by atoms with Crippen molar-refractivity contribution >= 4 is 34.6 Å². The highest BCUT2D eigenvalue weighted by atomic mass is 32.1. The number of nitrogens with one attached hydrogen (secondary N) is 1. The van der Waals surface area contributed by atoms with Crippen LogP contribution in [0.3, 0.4) is 0 Å². The molecule has 3 rings (SSSR count). The first-order chi connectivity index (χ1) is 14.5. The van der Waals surface area contributed by atoms with Crippen LogP contribution in [0.15, 0.2) is 41.1 Å².